The summed E-state index contributed by atoms with van der Waals surface area (Å²) in [6.07, 6.45) is 0. The number of ether oxygens (including phenoxy) is 2. The van der Waals surface area contributed by atoms with Crippen molar-refractivity contribution < 1.29 is 33.0 Å². The Hall–Kier alpha value is -4.20. The number of aliphatic hydroxyl groups is 1. The average Bonchev–Trinajstić information content (AvgIpc) is 3.15. The molecule has 0 radical (unpaired) electrons. The van der Waals surface area contributed by atoms with Crippen LogP contribution in [0.2, 0.25) is 0 Å². The van der Waals surface area contributed by atoms with Crippen LogP contribution in [0.3, 0.4) is 0 Å². The second kappa shape index (κ2) is 10.4. The van der Waals surface area contributed by atoms with Gasteiger partial charge in [0.25, 0.3) is 11.7 Å². The van der Waals surface area contributed by atoms with Gasteiger partial charge in [0.15, 0.2) is 11.6 Å². The van der Waals surface area contributed by atoms with Gasteiger partial charge in [-0.15, -0.1) is 0 Å². The van der Waals surface area contributed by atoms with Gasteiger partial charge in [-0.3, -0.25) is 14.5 Å². The summed E-state index contributed by atoms with van der Waals surface area (Å²) in [7, 11) is 1.54. The summed E-state index contributed by atoms with van der Waals surface area (Å²) < 4.78 is 38.9. The second-order valence-corrected chi connectivity index (χ2v) is 8.88. The van der Waals surface area contributed by atoms with Crippen LogP contribution >= 0.6 is 0 Å². The van der Waals surface area contributed by atoms with Crippen molar-refractivity contribution in [3.05, 3.63) is 94.6 Å². The Balaban J connectivity index is 1.96. The van der Waals surface area contributed by atoms with Gasteiger partial charge in [-0.2, -0.15) is 0 Å². The summed E-state index contributed by atoms with van der Waals surface area (Å²) in [6, 6.07) is 13.5. The molecule has 192 valence electrons. The van der Waals surface area contributed by atoms with Crippen molar-refractivity contribution in [2.75, 3.05) is 18.6 Å². The number of anilines is 1. The highest BCUT2D eigenvalue weighted by atomic mass is 19.2. The van der Waals surface area contributed by atoms with Crippen molar-refractivity contribution in [2.45, 2.75) is 32.7 Å². The molecule has 6 nitrogen and oxygen atoms in total. The van der Waals surface area contributed by atoms with Crippen LogP contribution in [-0.4, -0.2) is 30.5 Å². The number of Topliss-reactive ketones (excluding diaryl/α,β-unsaturated/α-hetero) is 1. The van der Waals surface area contributed by atoms with Crippen LogP contribution in [-0.2, 0) is 9.59 Å². The Morgan fingerprint density at radius 1 is 1.03 bits per heavy atom. The summed E-state index contributed by atoms with van der Waals surface area (Å²) in [5.41, 5.74) is 1.37. The lowest BCUT2D eigenvalue weighted by molar-refractivity contribution is -0.132. The zero-order valence-electron chi connectivity index (χ0n) is 20.9. The average molecular weight is 508 g/mol. The molecule has 1 amide bonds. The van der Waals surface area contributed by atoms with Crippen LogP contribution in [0.25, 0.3) is 5.76 Å². The summed E-state index contributed by atoms with van der Waals surface area (Å²) in [4.78, 5) is 27.7. The summed E-state index contributed by atoms with van der Waals surface area (Å²) in [5.74, 6) is -3.41. The highest BCUT2D eigenvalue weighted by Gasteiger charge is 2.47. The molecule has 8 heteroatoms. The van der Waals surface area contributed by atoms with E-state index in [-0.39, 0.29) is 22.9 Å². The first-order chi connectivity index (χ1) is 17.7. The zero-order chi connectivity index (χ0) is 26.9. The SMILES string of the molecule is CCOc1cccc(C2/C(=C(\O)c3ccc(OC)c(C(C)C)c3)C(=O)C(=O)N2c2ccc(F)c(F)c2)c1. The monoisotopic (exact) mass is 507 g/mol. The summed E-state index contributed by atoms with van der Waals surface area (Å²) in [6.45, 7) is 6.12. The molecule has 1 aliphatic heterocycles. The normalized spacial score (nSPS) is 16.9. The molecule has 0 saturated carbocycles. The number of benzene rings is 3. The minimum absolute atomic E-state index is 0.0236. The van der Waals surface area contributed by atoms with Crippen molar-refractivity contribution in [1.29, 1.82) is 0 Å². The lowest BCUT2D eigenvalue weighted by Gasteiger charge is -2.26. The van der Waals surface area contributed by atoms with Crippen molar-refractivity contribution in [1.82, 2.24) is 0 Å². The number of ketones is 1. The number of nitrogens with zero attached hydrogens (tertiary/aromatic N) is 1. The molecule has 37 heavy (non-hydrogen) atoms. The van der Waals surface area contributed by atoms with E-state index in [1.807, 2.05) is 20.8 Å². The third-order valence-corrected chi connectivity index (χ3v) is 6.24. The first kappa shape index (κ1) is 25.9. The van der Waals surface area contributed by atoms with Gasteiger partial charge >= 0.3 is 0 Å². The van der Waals surface area contributed by atoms with E-state index in [0.717, 1.165) is 22.6 Å². The Kier molecular flexibility index (Phi) is 7.29. The standard InChI is InChI=1S/C29H27F2NO5/c1-5-37-20-8-6-7-17(13-20)26-25(27(33)18-9-12-24(36-4)21(14-18)16(2)3)28(34)29(35)32(26)19-10-11-22(30)23(31)15-19/h6-16,26,33H,5H2,1-4H3/b27-25+. The fourth-order valence-electron chi connectivity index (χ4n) is 4.48. The number of amides is 1. The smallest absolute Gasteiger partial charge is 0.300 e. The minimum Gasteiger partial charge on any atom is -0.507 e. The maximum absolute atomic E-state index is 14.2. The molecule has 0 aliphatic carbocycles. The molecule has 1 unspecified atom stereocenters. The number of methoxy groups -OCH3 is 1. The van der Waals surface area contributed by atoms with Gasteiger partial charge in [0, 0.05) is 17.3 Å². The zero-order valence-corrected chi connectivity index (χ0v) is 20.9. The predicted octanol–water partition coefficient (Wildman–Crippen LogP) is 6.12. The number of aliphatic hydroxyl groups excluding tert-OH is 1. The van der Waals surface area contributed by atoms with Crippen LogP contribution in [0.5, 0.6) is 11.5 Å². The van der Waals surface area contributed by atoms with Crippen LogP contribution in [0.15, 0.2) is 66.2 Å². The third-order valence-electron chi connectivity index (χ3n) is 6.24. The molecule has 3 aromatic carbocycles. The largest absolute Gasteiger partial charge is 0.507 e. The highest BCUT2D eigenvalue weighted by Crippen LogP contribution is 2.43. The molecule has 0 spiro atoms. The Labute approximate surface area is 213 Å². The van der Waals surface area contributed by atoms with E-state index in [1.54, 1.807) is 49.6 Å². The van der Waals surface area contributed by atoms with Crippen LogP contribution in [0.4, 0.5) is 14.5 Å². The van der Waals surface area contributed by atoms with E-state index in [9.17, 15) is 23.5 Å². The maximum Gasteiger partial charge on any atom is 0.300 e. The number of rotatable bonds is 7. The van der Waals surface area contributed by atoms with Crippen LogP contribution in [0, 0.1) is 11.6 Å². The molecule has 3 aromatic rings. The fourth-order valence-corrected chi connectivity index (χ4v) is 4.48. The van der Waals surface area contributed by atoms with Crippen molar-refractivity contribution >= 4 is 23.1 Å². The van der Waals surface area contributed by atoms with Gasteiger partial charge in [-0.1, -0.05) is 26.0 Å². The third kappa shape index (κ3) is 4.79. The molecular formula is C29H27F2NO5. The molecule has 0 aromatic heterocycles. The van der Waals surface area contributed by atoms with Gasteiger partial charge in [0.1, 0.15) is 17.3 Å². The minimum atomic E-state index is -1.17. The Morgan fingerprint density at radius 2 is 1.78 bits per heavy atom. The number of hydrogen-bond acceptors (Lipinski definition) is 5. The lowest BCUT2D eigenvalue weighted by atomic mass is 9.93. The van der Waals surface area contributed by atoms with E-state index in [2.05, 4.69) is 0 Å². The number of carbonyl (C=O) groups is 2. The van der Waals surface area contributed by atoms with Crippen molar-refractivity contribution in [3.8, 4) is 11.5 Å². The van der Waals surface area contributed by atoms with E-state index < -0.39 is 29.4 Å². The first-order valence-electron chi connectivity index (χ1n) is 11.8. The molecule has 1 fully saturated rings. The van der Waals surface area contributed by atoms with E-state index in [0.29, 0.717) is 29.2 Å². The molecule has 0 bridgehead atoms. The Morgan fingerprint density at radius 3 is 2.43 bits per heavy atom. The topological polar surface area (TPSA) is 76.1 Å². The van der Waals surface area contributed by atoms with Crippen molar-refractivity contribution in [2.24, 2.45) is 0 Å². The predicted molar refractivity (Wildman–Crippen MR) is 136 cm³/mol. The second-order valence-electron chi connectivity index (χ2n) is 8.88. The number of hydrogen-bond donors (Lipinski definition) is 1. The van der Waals surface area contributed by atoms with E-state index >= 15 is 0 Å². The van der Waals surface area contributed by atoms with Gasteiger partial charge in [0.2, 0.25) is 0 Å². The molecule has 1 atom stereocenters. The first-order valence-corrected chi connectivity index (χ1v) is 11.8. The molecule has 1 aliphatic rings. The van der Waals surface area contributed by atoms with Crippen LogP contribution < -0.4 is 14.4 Å². The van der Waals surface area contributed by atoms with Gasteiger partial charge < -0.3 is 14.6 Å². The maximum atomic E-state index is 14.2. The molecule has 1 saturated heterocycles. The lowest BCUT2D eigenvalue weighted by Crippen LogP contribution is -2.29. The number of carbonyl (C=O) groups excluding carboxylic acids is 2. The molecule has 1 N–H and O–H groups in total. The fraction of sp³-hybridized carbons (Fsp3) is 0.241. The Bertz CT molecular complexity index is 1400. The van der Waals surface area contributed by atoms with Gasteiger partial charge in [0.05, 0.1) is 25.3 Å². The molecular weight excluding hydrogens is 480 g/mol. The quantitative estimate of drug-likeness (QED) is 0.237. The van der Waals surface area contributed by atoms with Crippen molar-refractivity contribution in [3.63, 3.8) is 0 Å². The van der Waals surface area contributed by atoms with Gasteiger partial charge in [-0.05, 0) is 66.4 Å². The number of halogens is 2. The van der Waals surface area contributed by atoms with Gasteiger partial charge in [-0.25, -0.2) is 8.78 Å². The highest BCUT2D eigenvalue weighted by molar-refractivity contribution is 6.51. The summed E-state index contributed by atoms with van der Waals surface area (Å²) >= 11 is 0. The molecule has 1 heterocycles. The molecule has 4 rings (SSSR count). The van der Waals surface area contributed by atoms with Crippen LogP contribution in [0.1, 0.15) is 49.4 Å². The summed E-state index contributed by atoms with van der Waals surface area (Å²) in [5, 5.41) is 11.4. The van der Waals surface area contributed by atoms with E-state index in [1.165, 1.54) is 6.07 Å². The van der Waals surface area contributed by atoms with E-state index in [4.69, 9.17) is 9.47 Å².